The lowest BCUT2D eigenvalue weighted by atomic mass is 9.72. The number of halogens is 2. The van der Waals surface area contributed by atoms with Gasteiger partial charge in [0.2, 0.25) is 23.7 Å². The van der Waals surface area contributed by atoms with E-state index < -0.39 is 18.4 Å². The van der Waals surface area contributed by atoms with Gasteiger partial charge in [0, 0.05) is 103 Å². The summed E-state index contributed by atoms with van der Waals surface area (Å²) in [6, 6.07) is 2.65. The number of rotatable bonds is 7. The summed E-state index contributed by atoms with van der Waals surface area (Å²) in [5, 5.41) is 2.33. The average Bonchev–Trinajstić information content (AvgIpc) is 3.83. The molecule has 13 nitrogen and oxygen atoms in total. The number of anilines is 1. The van der Waals surface area contributed by atoms with Gasteiger partial charge in [-0.1, -0.05) is 12.7 Å². The van der Waals surface area contributed by atoms with Gasteiger partial charge >= 0.3 is 0 Å². The topological polar surface area (TPSA) is 138 Å². The quantitative estimate of drug-likeness (QED) is 0.340. The minimum Gasteiger partial charge on any atom is -0.357 e. The van der Waals surface area contributed by atoms with Crippen molar-refractivity contribution in [2.75, 3.05) is 44.2 Å². The lowest BCUT2D eigenvalue weighted by Crippen LogP contribution is -2.63. The third kappa shape index (κ3) is 6.16. The molecule has 15 heteroatoms. The lowest BCUT2D eigenvalue weighted by Gasteiger charge is -2.54. The average molecular weight is 792 g/mol. The number of likely N-dealkylation sites (tertiary alicyclic amines) is 1. The number of nitrogens with one attached hydrogen (secondary N) is 2. The molecule has 2 aromatic heterocycles. The molecule has 0 saturated carbocycles. The van der Waals surface area contributed by atoms with E-state index in [1.54, 1.807) is 0 Å². The number of hydrogen-bond acceptors (Lipinski definition) is 9. The van der Waals surface area contributed by atoms with Crippen molar-refractivity contribution >= 4 is 41.4 Å². The fourth-order valence-electron chi connectivity index (χ4n) is 10.6. The van der Waals surface area contributed by atoms with Crippen molar-refractivity contribution in [3.8, 4) is 0 Å². The first-order chi connectivity index (χ1) is 27.9. The third-order valence-corrected chi connectivity index (χ3v) is 13.7. The van der Waals surface area contributed by atoms with Crippen LogP contribution in [0.5, 0.6) is 0 Å². The van der Waals surface area contributed by atoms with Crippen molar-refractivity contribution in [1.29, 1.82) is 0 Å². The molecule has 3 fully saturated rings. The molecule has 2 unspecified atom stereocenters. The van der Waals surface area contributed by atoms with Crippen LogP contribution in [0.1, 0.15) is 100 Å². The molecular formula is C43H47F2N9O4. The van der Waals surface area contributed by atoms with Crippen LogP contribution < -0.4 is 10.2 Å². The predicted octanol–water partition coefficient (Wildman–Crippen LogP) is 4.04. The largest absolute Gasteiger partial charge is 0.357 e. The van der Waals surface area contributed by atoms with Gasteiger partial charge < -0.3 is 14.8 Å². The number of nitrogens with zero attached hydrogens (tertiary/aromatic N) is 7. The summed E-state index contributed by atoms with van der Waals surface area (Å²) in [5.41, 5.74) is 9.19. The second-order valence-corrected chi connectivity index (χ2v) is 17.3. The van der Waals surface area contributed by atoms with E-state index in [2.05, 4.69) is 38.8 Å². The highest BCUT2D eigenvalue weighted by Gasteiger charge is 2.48. The first-order valence-corrected chi connectivity index (χ1v) is 20.5. The predicted molar refractivity (Wildman–Crippen MR) is 210 cm³/mol. The van der Waals surface area contributed by atoms with E-state index in [-0.39, 0.29) is 61.2 Å². The highest BCUT2D eigenvalue weighted by Crippen LogP contribution is 2.44. The Morgan fingerprint density at radius 2 is 1.74 bits per heavy atom. The zero-order valence-corrected chi connectivity index (χ0v) is 32.6. The van der Waals surface area contributed by atoms with Crippen LogP contribution in [0.25, 0.3) is 11.8 Å². The Morgan fingerprint density at radius 1 is 1.02 bits per heavy atom. The maximum Gasteiger partial charge on any atom is 0.259 e. The van der Waals surface area contributed by atoms with Gasteiger partial charge in [-0.3, -0.25) is 39.2 Å². The molecule has 4 amide bonds. The van der Waals surface area contributed by atoms with Crippen LogP contribution in [0.3, 0.4) is 0 Å². The van der Waals surface area contributed by atoms with Crippen LogP contribution in [-0.4, -0.2) is 116 Å². The minimum atomic E-state index is -2.45. The molecule has 3 atom stereocenters. The van der Waals surface area contributed by atoms with E-state index in [1.165, 1.54) is 16.0 Å². The molecular weight excluding hydrogens is 745 g/mol. The molecule has 0 radical (unpaired) electrons. The van der Waals surface area contributed by atoms with Crippen LogP contribution in [0, 0.1) is 5.41 Å². The Balaban J connectivity index is 0.740. The van der Waals surface area contributed by atoms with E-state index in [0.717, 1.165) is 86.4 Å². The number of H-pyrrole nitrogens is 1. The van der Waals surface area contributed by atoms with Gasteiger partial charge in [-0.05, 0) is 85.9 Å². The number of piperidine rings is 2. The second kappa shape index (κ2) is 13.9. The maximum atomic E-state index is 13.9. The molecule has 8 heterocycles. The number of carbonyl (C=O) groups is 4. The number of fused-ring (bicyclic) bond motifs is 5. The van der Waals surface area contributed by atoms with Crippen molar-refractivity contribution in [3.63, 3.8) is 0 Å². The number of imide groups is 1. The number of carbonyl (C=O) groups excluding carboxylic acids is 4. The molecule has 2 N–H and O–H groups in total. The lowest BCUT2D eigenvalue weighted by molar-refractivity contribution is -0.146. The summed E-state index contributed by atoms with van der Waals surface area (Å²) in [6.07, 6.45) is 10.4. The zero-order chi connectivity index (χ0) is 40.0. The summed E-state index contributed by atoms with van der Waals surface area (Å²) in [6.45, 7) is 10.3. The van der Waals surface area contributed by atoms with Crippen LogP contribution in [0.2, 0.25) is 0 Å². The van der Waals surface area contributed by atoms with Crippen LogP contribution in [-0.2, 0) is 40.3 Å². The van der Waals surface area contributed by atoms with Crippen LogP contribution >= 0.6 is 0 Å². The SMILES string of the molecule is C=C1c2cc3c(cc2C(=O)N1C1CCC(=O)NC1=O)CN(CC(=O)N1CC2(CCN(c4ncc(C5c6[nH]c7c(c6C[C@@H](C)N5CC(F)F)CCC=C7)cn4)CC2)C1)C3. The van der Waals surface area contributed by atoms with Crippen molar-refractivity contribution in [2.45, 2.75) is 89.5 Å². The molecule has 3 aromatic rings. The Hall–Kier alpha value is -5.28. The number of alkyl halides is 2. The molecule has 302 valence electrons. The molecule has 10 rings (SSSR count). The maximum absolute atomic E-state index is 13.9. The number of amides is 4. The third-order valence-electron chi connectivity index (χ3n) is 13.7. The summed E-state index contributed by atoms with van der Waals surface area (Å²) in [4.78, 5) is 73.9. The van der Waals surface area contributed by atoms with E-state index in [0.29, 0.717) is 35.9 Å². The van der Waals surface area contributed by atoms with E-state index in [1.807, 2.05) is 41.2 Å². The first kappa shape index (κ1) is 37.0. The fraction of sp³-hybridized carbons (Fsp3) is 0.488. The van der Waals surface area contributed by atoms with Crippen LogP contribution in [0.15, 0.2) is 37.2 Å². The summed E-state index contributed by atoms with van der Waals surface area (Å²) in [7, 11) is 0. The molecule has 1 aromatic carbocycles. The molecule has 3 saturated heterocycles. The van der Waals surface area contributed by atoms with Crippen LogP contribution in [0.4, 0.5) is 14.7 Å². The molecule has 1 spiro atoms. The monoisotopic (exact) mass is 791 g/mol. The van der Waals surface area contributed by atoms with Gasteiger partial charge in [-0.2, -0.15) is 0 Å². The van der Waals surface area contributed by atoms with Crippen molar-refractivity contribution in [1.82, 2.24) is 39.9 Å². The Kier molecular flexibility index (Phi) is 8.89. The van der Waals surface area contributed by atoms with Gasteiger partial charge in [0.15, 0.2) is 0 Å². The van der Waals surface area contributed by atoms with E-state index in [4.69, 9.17) is 9.97 Å². The molecule has 6 aliphatic heterocycles. The van der Waals surface area contributed by atoms with Gasteiger partial charge in [-0.15, -0.1) is 0 Å². The molecule has 1 aliphatic carbocycles. The molecule has 0 bridgehead atoms. The summed E-state index contributed by atoms with van der Waals surface area (Å²) in [5.74, 6) is -0.366. The zero-order valence-electron chi connectivity index (χ0n) is 32.6. The van der Waals surface area contributed by atoms with Crippen molar-refractivity contribution < 1.29 is 28.0 Å². The first-order valence-electron chi connectivity index (χ1n) is 20.5. The summed E-state index contributed by atoms with van der Waals surface area (Å²) >= 11 is 0. The van der Waals surface area contributed by atoms with Gasteiger partial charge in [0.05, 0.1) is 19.1 Å². The van der Waals surface area contributed by atoms with Gasteiger partial charge in [0.1, 0.15) is 6.04 Å². The number of allylic oxidation sites excluding steroid dienone is 1. The normalized spacial score (nSPS) is 25.2. The standard InChI is InChI=1S/C43H47F2N9O4/c1-24-13-31-29-5-3-4-6-33(29)48-38(31)39(53(24)20-35(44)45)28-16-46-42(47-17-28)51-11-9-43(10-12-51)22-52(23-43)37(56)21-50-18-26-14-30-25(2)54(34-7-8-36(55)49-40(34)57)41(58)32(30)15-27(26)19-50/h4,6,14-17,24,34-35,39,48H,2-3,5,7-13,18-23H2,1H3,(H,49,55,57)/t24-,34?,39?/m1/s1. The van der Waals surface area contributed by atoms with E-state index in [9.17, 15) is 28.0 Å². The van der Waals surface area contributed by atoms with Crippen molar-refractivity contribution in [3.05, 3.63) is 87.5 Å². The highest BCUT2D eigenvalue weighted by molar-refractivity contribution is 6.12. The molecule has 7 aliphatic rings. The smallest absolute Gasteiger partial charge is 0.259 e. The van der Waals surface area contributed by atoms with Crippen molar-refractivity contribution in [2.24, 2.45) is 5.41 Å². The number of aromatic nitrogens is 3. The van der Waals surface area contributed by atoms with E-state index >= 15 is 0 Å². The Bertz CT molecular complexity index is 2230. The van der Waals surface area contributed by atoms with Gasteiger partial charge in [0.25, 0.3) is 12.3 Å². The Labute approximate surface area is 335 Å². The minimum absolute atomic E-state index is 0.0498. The Morgan fingerprint density at radius 3 is 2.45 bits per heavy atom. The number of aromatic amines is 1. The number of hydrogen-bond donors (Lipinski definition) is 2. The fourth-order valence-corrected chi connectivity index (χ4v) is 10.6. The summed E-state index contributed by atoms with van der Waals surface area (Å²) < 4.78 is 27.8. The highest BCUT2D eigenvalue weighted by atomic mass is 19.3. The molecule has 58 heavy (non-hydrogen) atoms. The second-order valence-electron chi connectivity index (χ2n) is 17.3. The number of benzene rings is 1. The van der Waals surface area contributed by atoms with Gasteiger partial charge in [-0.25, -0.2) is 18.7 Å².